The van der Waals surface area contributed by atoms with E-state index in [1.807, 2.05) is 0 Å². The van der Waals surface area contributed by atoms with Crippen LogP contribution in [0, 0.1) is 5.92 Å². The number of allylic oxidation sites excluding steroid dienone is 1. The van der Waals surface area contributed by atoms with Crippen LogP contribution in [0.15, 0.2) is 35.6 Å². The summed E-state index contributed by atoms with van der Waals surface area (Å²) in [6, 6.07) is 6.95. The molecule has 1 aromatic rings. The summed E-state index contributed by atoms with van der Waals surface area (Å²) in [4.78, 5) is 36.5. The monoisotopic (exact) mass is 318 g/mol. The predicted molar refractivity (Wildman–Crippen MR) is 80.7 cm³/mol. The molecule has 6 heteroatoms. The lowest BCUT2D eigenvalue weighted by molar-refractivity contribution is -0.149. The fraction of sp³-hybridized carbons (Fsp3) is 0.353. The van der Waals surface area contributed by atoms with Crippen LogP contribution in [-0.2, 0) is 23.9 Å². The van der Waals surface area contributed by atoms with Gasteiger partial charge in [-0.15, -0.1) is 0 Å². The van der Waals surface area contributed by atoms with Crippen molar-refractivity contribution in [1.29, 1.82) is 0 Å². The zero-order valence-electron chi connectivity index (χ0n) is 13.4. The van der Waals surface area contributed by atoms with Crippen LogP contribution >= 0.6 is 0 Å². The highest BCUT2D eigenvalue weighted by atomic mass is 16.5. The predicted octanol–water partition coefficient (Wildman–Crippen LogP) is 1.99. The van der Waals surface area contributed by atoms with Crippen LogP contribution in [0.3, 0.4) is 0 Å². The molecule has 0 N–H and O–H groups in total. The Kier molecular flexibility index (Phi) is 4.83. The summed E-state index contributed by atoms with van der Waals surface area (Å²) in [7, 11) is 2.44. The second-order valence-corrected chi connectivity index (χ2v) is 5.19. The summed E-state index contributed by atoms with van der Waals surface area (Å²) in [5.74, 6) is -2.89. The number of Topliss-reactive ketones (excluding diaryl/α,β-unsaturated/α-hetero) is 1. The molecule has 0 aliphatic carbocycles. The number of benzene rings is 1. The van der Waals surface area contributed by atoms with Crippen molar-refractivity contribution in [3.63, 3.8) is 0 Å². The van der Waals surface area contributed by atoms with Crippen LogP contribution in [0.2, 0.25) is 0 Å². The van der Waals surface area contributed by atoms with Crippen molar-refractivity contribution >= 4 is 17.7 Å². The highest BCUT2D eigenvalue weighted by Gasteiger charge is 2.44. The van der Waals surface area contributed by atoms with Crippen molar-refractivity contribution in [2.24, 2.45) is 5.92 Å². The first-order valence-corrected chi connectivity index (χ1v) is 7.06. The Bertz CT molecular complexity index is 688. The highest BCUT2D eigenvalue weighted by Crippen LogP contribution is 2.44. The van der Waals surface area contributed by atoms with Gasteiger partial charge in [-0.3, -0.25) is 9.59 Å². The van der Waals surface area contributed by atoms with Crippen molar-refractivity contribution < 1.29 is 28.6 Å². The summed E-state index contributed by atoms with van der Waals surface area (Å²) >= 11 is 0. The normalized spacial score (nSPS) is 17.7. The van der Waals surface area contributed by atoms with Crippen LogP contribution in [0.5, 0.6) is 5.75 Å². The van der Waals surface area contributed by atoms with Gasteiger partial charge in [0, 0.05) is 11.5 Å². The molecule has 0 unspecified atom stereocenters. The number of ether oxygens (including phenoxy) is 3. The van der Waals surface area contributed by atoms with E-state index in [0.717, 1.165) is 0 Å². The molecule has 0 aromatic heterocycles. The molecule has 6 nitrogen and oxygen atoms in total. The Balaban J connectivity index is 2.69. The van der Waals surface area contributed by atoms with Crippen LogP contribution in [0.4, 0.5) is 0 Å². The third-order valence-corrected chi connectivity index (χ3v) is 3.84. The molecule has 2 atom stereocenters. The first kappa shape index (κ1) is 16.7. The largest absolute Gasteiger partial charge is 0.468 e. The molecule has 1 aromatic carbocycles. The summed E-state index contributed by atoms with van der Waals surface area (Å²) in [6.07, 6.45) is 0. The van der Waals surface area contributed by atoms with Gasteiger partial charge in [0.25, 0.3) is 0 Å². The van der Waals surface area contributed by atoms with Gasteiger partial charge in [0.05, 0.1) is 19.8 Å². The van der Waals surface area contributed by atoms with Crippen molar-refractivity contribution in [3.05, 3.63) is 41.2 Å². The van der Waals surface area contributed by atoms with E-state index >= 15 is 0 Å². The number of hydrogen-bond donors (Lipinski definition) is 0. The summed E-state index contributed by atoms with van der Waals surface area (Å²) < 4.78 is 15.2. The Morgan fingerprint density at radius 3 is 2.35 bits per heavy atom. The van der Waals surface area contributed by atoms with Gasteiger partial charge in [0.1, 0.15) is 23.2 Å². The lowest BCUT2D eigenvalue weighted by Crippen LogP contribution is -2.35. The van der Waals surface area contributed by atoms with Crippen molar-refractivity contribution in [2.45, 2.75) is 19.8 Å². The van der Waals surface area contributed by atoms with Gasteiger partial charge in [-0.1, -0.05) is 18.2 Å². The molecule has 0 amide bonds. The van der Waals surface area contributed by atoms with E-state index in [1.54, 1.807) is 31.2 Å². The minimum absolute atomic E-state index is 0.150. The molecule has 0 spiro atoms. The average molecular weight is 318 g/mol. The van der Waals surface area contributed by atoms with E-state index in [2.05, 4.69) is 0 Å². The van der Waals surface area contributed by atoms with Gasteiger partial charge in [0.15, 0.2) is 0 Å². The van der Waals surface area contributed by atoms with Gasteiger partial charge in [-0.2, -0.15) is 0 Å². The summed E-state index contributed by atoms with van der Waals surface area (Å²) in [5, 5.41) is 0. The van der Waals surface area contributed by atoms with Crippen molar-refractivity contribution in [3.8, 4) is 5.75 Å². The second kappa shape index (κ2) is 6.64. The Hall–Kier alpha value is -2.63. The molecule has 23 heavy (non-hydrogen) atoms. The number of esters is 2. The number of para-hydroxylation sites is 1. The van der Waals surface area contributed by atoms with E-state index in [0.29, 0.717) is 17.1 Å². The van der Waals surface area contributed by atoms with E-state index in [-0.39, 0.29) is 5.57 Å². The van der Waals surface area contributed by atoms with Crippen LogP contribution in [0.1, 0.15) is 25.3 Å². The number of carbonyl (C=O) groups is 3. The maximum Gasteiger partial charge on any atom is 0.337 e. The SMILES string of the molecule is COC(=O)C1=C(C)Oc2ccccc2[C@H]1[C@@H](C(C)=O)C(=O)OC. The number of fused-ring (bicyclic) bond motifs is 1. The third kappa shape index (κ3) is 2.97. The molecule has 1 aliphatic rings. The van der Waals surface area contributed by atoms with E-state index < -0.39 is 29.6 Å². The van der Waals surface area contributed by atoms with Crippen LogP contribution in [0.25, 0.3) is 0 Å². The minimum atomic E-state index is -1.14. The molecule has 0 bridgehead atoms. The molecule has 122 valence electrons. The number of methoxy groups -OCH3 is 2. The highest BCUT2D eigenvalue weighted by molar-refractivity contribution is 6.02. The van der Waals surface area contributed by atoms with Gasteiger partial charge in [-0.05, 0) is 19.9 Å². The maximum atomic E-state index is 12.2. The molecule has 0 radical (unpaired) electrons. The third-order valence-electron chi connectivity index (χ3n) is 3.84. The molecule has 0 saturated carbocycles. The van der Waals surface area contributed by atoms with Gasteiger partial charge in [0.2, 0.25) is 0 Å². The average Bonchev–Trinajstić information content (AvgIpc) is 2.53. The lowest BCUT2D eigenvalue weighted by atomic mass is 9.76. The van der Waals surface area contributed by atoms with Crippen LogP contribution < -0.4 is 4.74 Å². The summed E-state index contributed by atoms with van der Waals surface area (Å²) in [5.41, 5.74) is 0.723. The van der Waals surface area contributed by atoms with Gasteiger partial charge < -0.3 is 14.2 Å². The first-order valence-electron chi connectivity index (χ1n) is 7.06. The smallest absolute Gasteiger partial charge is 0.337 e. The molecule has 1 heterocycles. The Labute approximate surface area is 134 Å². The number of carbonyl (C=O) groups excluding carboxylic acids is 3. The van der Waals surface area contributed by atoms with Crippen molar-refractivity contribution in [2.75, 3.05) is 14.2 Å². The molecule has 2 rings (SSSR count). The zero-order valence-corrected chi connectivity index (χ0v) is 13.4. The number of ketones is 1. The van der Waals surface area contributed by atoms with Crippen LogP contribution in [-0.4, -0.2) is 31.9 Å². The lowest BCUT2D eigenvalue weighted by Gasteiger charge is -2.31. The molecule has 0 saturated heterocycles. The molecular formula is C17H18O6. The Morgan fingerprint density at radius 1 is 1.13 bits per heavy atom. The fourth-order valence-electron chi connectivity index (χ4n) is 2.82. The first-order chi connectivity index (χ1) is 10.9. The maximum absolute atomic E-state index is 12.2. The summed E-state index contributed by atoms with van der Waals surface area (Å²) in [6.45, 7) is 2.90. The standard InChI is InChI=1S/C17H18O6/c1-9(18)13(16(19)21-3)15-11-7-5-6-8-12(11)23-10(2)14(15)17(20)22-4/h5-8,13,15H,1-4H3/t13-,15+/m1/s1. The fourth-order valence-corrected chi connectivity index (χ4v) is 2.82. The van der Waals surface area contributed by atoms with E-state index in [9.17, 15) is 14.4 Å². The zero-order chi connectivity index (χ0) is 17.1. The number of rotatable bonds is 4. The van der Waals surface area contributed by atoms with Gasteiger partial charge in [-0.25, -0.2) is 4.79 Å². The second-order valence-electron chi connectivity index (χ2n) is 5.19. The molecular weight excluding hydrogens is 300 g/mol. The molecule has 1 aliphatic heterocycles. The van der Waals surface area contributed by atoms with E-state index in [1.165, 1.54) is 21.1 Å². The van der Waals surface area contributed by atoms with Gasteiger partial charge >= 0.3 is 11.9 Å². The minimum Gasteiger partial charge on any atom is -0.468 e. The Morgan fingerprint density at radius 2 is 1.78 bits per heavy atom. The van der Waals surface area contributed by atoms with Crippen molar-refractivity contribution in [1.82, 2.24) is 0 Å². The molecule has 0 fully saturated rings. The van der Waals surface area contributed by atoms with E-state index in [4.69, 9.17) is 14.2 Å². The topological polar surface area (TPSA) is 78.9 Å². The number of hydrogen-bond acceptors (Lipinski definition) is 6. The quantitative estimate of drug-likeness (QED) is 0.624.